The summed E-state index contributed by atoms with van der Waals surface area (Å²) in [6, 6.07) is 1.72. The Kier molecular flexibility index (Phi) is 7.01. The van der Waals surface area contributed by atoms with Crippen molar-refractivity contribution in [3.63, 3.8) is 0 Å². The van der Waals surface area contributed by atoms with Crippen LogP contribution in [0.2, 0.25) is 0 Å². The topological polar surface area (TPSA) is 65.5 Å². The van der Waals surface area contributed by atoms with Gasteiger partial charge in [-0.05, 0) is 6.92 Å². The lowest BCUT2D eigenvalue weighted by atomic mass is 10.6. The van der Waals surface area contributed by atoms with E-state index in [4.69, 9.17) is 14.2 Å². The molecule has 0 amide bonds. The number of anilines is 1. The molecule has 0 fully saturated rings. The summed E-state index contributed by atoms with van der Waals surface area (Å²) in [7, 11) is 1.64. The first-order valence-electron chi connectivity index (χ1n) is 5.63. The molecule has 0 bridgehead atoms. The maximum absolute atomic E-state index is 5.42. The largest absolute Gasteiger partial charge is 0.475 e. The van der Waals surface area contributed by atoms with Gasteiger partial charge in [-0.15, -0.1) is 0 Å². The summed E-state index contributed by atoms with van der Waals surface area (Å²) < 4.78 is 15.5. The van der Waals surface area contributed by atoms with Crippen molar-refractivity contribution >= 4 is 5.95 Å². The van der Waals surface area contributed by atoms with Crippen LogP contribution in [-0.2, 0) is 9.47 Å². The first kappa shape index (κ1) is 13.7. The summed E-state index contributed by atoms with van der Waals surface area (Å²) in [5, 5.41) is 3.02. The number of rotatable bonds is 9. The van der Waals surface area contributed by atoms with Gasteiger partial charge in [0.25, 0.3) is 0 Å². The zero-order chi connectivity index (χ0) is 12.3. The lowest BCUT2D eigenvalue weighted by molar-refractivity contribution is 0.0537. The van der Waals surface area contributed by atoms with E-state index in [1.54, 1.807) is 19.4 Å². The second-order valence-corrected chi connectivity index (χ2v) is 3.20. The van der Waals surface area contributed by atoms with Gasteiger partial charge in [0.05, 0.1) is 19.8 Å². The Hall–Kier alpha value is -1.40. The van der Waals surface area contributed by atoms with Crippen LogP contribution in [0.5, 0.6) is 5.88 Å². The van der Waals surface area contributed by atoms with E-state index in [-0.39, 0.29) is 0 Å². The molecule has 17 heavy (non-hydrogen) atoms. The standard InChI is InChI=1S/C11H19N3O3/c1-3-12-11-13-5-4-10(14-11)17-9-8-16-7-6-15-2/h4-5H,3,6-9H2,1-2H3,(H,12,13,14). The normalized spacial score (nSPS) is 10.2. The van der Waals surface area contributed by atoms with Crippen molar-refractivity contribution in [3.8, 4) is 5.88 Å². The second kappa shape index (κ2) is 8.72. The van der Waals surface area contributed by atoms with Crippen LogP contribution in [0.4, 0.5) is 5.95 Å². The number of hydrogen-bond acceptors (Lipinski definition) is 6. The molecule has 0 aliphatic rings. The fraction of sp³-hybridized carbons (Fsp3) is 0.636. The van der Waals surface area contributed by atoms with Crippen molar-refractivity contribution in [2.45, 2.75) is 6.92 Å². The molecule has 0 unspecified atom stereocenters. The van der Waals surface area contributed by atoms with Gasteiger partial charge in [0.1, 0.15) is 6.61 Å². The molecule has 1 rings (SSSR count). The highest BCUT2D eigenvalue weighted by Crippen LogP contribution is 2.07. The number of methoxy groups -OCH3 is 1. The van der Waals surface area contributed by atoms with E-state index >= 15 is 0 Å². The van der Waals surface area contributed by atoms with Crippen LogP contribution in [0.15, 0.2) is 12.3 Å². The first-order chi connectivity index (χ1) is 8.36. The molecule has 1 heterocycles. The molecule has 0 spiro atoms. The van der Waals surface area contributed by atoms with Gasteiger partial charge in [-0.25, -0.2) is 4.98 Å². The van der Waals surface area contributed by atoms with E-state index in [1.807, 2.05) is 6.92 Å². The van der Waals surface area contributed by atoms with E-state index in [9.17, 15) is 0 Å². The van der Waals surface area contributed by atoms with Crippen molar-refractivity contribution in [3.05, 3.63) is 12.3 Å². The molecule has 0 aliphatic heterocycles. The third-order valence-electron chi connectivity index (χ3n) is 1.87. The fourth-order valence-corrected chi connectivity index (χ4v) is 1.12. The van der Waals surface area contributed by atoms with Gasteiger partial charge in [-0.3, -0.25) is 0 Å². The van der Waals surface area contributed by atoms with Gasteiger partial charge in [0.2, 0.25) is 11.8 Å². The van der Waals surface area contributed by atoms with E-state index < -0.39 is 0 Å². The summed E-state index contributed by atoms with van der Waals surface area (Å²) in [5.41, 5.74) is 0. The monoisotopic (exact) mass is 241 g/mol. The Morgan fingerprint density at radius 2 is 2.06 bits per heavy atom. The van der Waals surface area contributed by atoms with Crippen LogP contribution < -0.4 is 10.1 Å². The molecule has 1 aromatic rings. The summed E-state index contributed by atoms with van der Waals surface area (Å²) in [6.45, 7) is 4.92. The minimum Gasteiger partial charge on any atom is -0.475 e. The molecule has 0 radical (unpaired) electrons. The smallest absolute Gasteiger partial charge is 0.225 e. The van der Waals surface area contributed by atoms with E-state index in [0.717, 1.165) is 6.54 Å². The zero-order valence-electron chi connectivity index (χ0n) is 10.3. The van der Waals surface area contributed by atoms with Crippen molar-refractivity contribution in [2.75, 3.05) is 45.4 Å². The van der Waals surface area contributed by atoms with Gasteiger partial charge < -0.3 is 19.5 Å². The molecule has 96 valence electrons. The Bertz CT molecular complexity index is 310. The Labute approximate surface area is 101 Å². The maximum Gasteiger partial charge on any atom is 0.225 e. The quantitative estimate of drug-likeness (QED) is 0.649. The van der Waals surface area contributed by atoms with Crippen molar-refractivity contribution in [1.82, 2.24) is 9.97 Å². The third-order valence-corrected chi connectivity index (χ3v) is 1.87. The fourth-order valence-electron chi connectivity index (χ4n) is 1.12. The van der Waals surface area contributed by atoms with Crippen LogP contribution in [-0.4, -0.2) is 50.1 Å². The number of nitrogens with one attached hydrogen (secondary N) is 1. The number of aromatic nitrogens is 2. The average molecular weight is 241 g/mol. The van der Waals surface area contributed by atoms with Gasteiger partial charge in [0, 0.05) is 25.9 Å². The molecule has 0 aliphatic carbocycles. The predicted octanol–water partition coefficient (Wildman–Crippen LogP) is 0.950. The molecule has 0 saturated carbocycles. The van der Waals surface area contributed by atoms with Gasteiger partial charge in [-0.2, -0.15) is 4.98 Å². The van der Waals surface area contributed by atoms with E-state index in [0.29, 0.717) is 38.3 Å². The highest BCUT2D eigenvalue weighted by molar-refractivity contribution is 5.26. The highest BCUT2D eigenvalue weighted by atomic mass is 16.5. The lowest BCUT2D eigenvalue weighted by Gasteiger charge is -2.07. The molecule has 0 atom stereocenters. The van der Waals surface area contributed by atoms with Gasteiger partial charge in [-0.1, -0.05) is 0 Å². The molecule has 6 nitrogen and oxygen atoms in total. The summed E-state index contributed by atoms with van der Waals surface area (Å²) >= 11 is 0. The minimum absolute atomic E-state index is 0.465. The Balaban J connectivity index is 2.19. The second-order valence-electron chi connectivity index (χ2n) is 3.20. The molecular weight excluding hydrogens is 222 g/mol. The van der Waals surface area contributed by atoms with Crippen molar-refractivity contribution in [1.29, 1.82) is 0 Å². The minimum atomic E-state index is 0.465. The molecule has 1 aromatic heterocycles. The van der Waals surface area contributed by atoms with Crippen LogP contribution in [0, 0.1) is 0 Å². The highest BCUT2D eigenvalue weighted by Gasteiger charge is 1.98. The molecule has 0 saturated heterocycles. The summed E-state index contributed by atoms with van der Waals surface area (Å²) in [6.07, 6.45) is 1.66. The number of ether oxygens (including phenoxy) is 3. The maximum atomic E-state index is 5.42. The Morgan fingerprint density at radius 3 is 2.82 bits per heavy atom. The predicted molar refractivity (Wildman–Crippen MR) is 64.4 cm³/mol. The van der Waals surface area contributed by atoms with Crippen molar-refractivity contribution < 1.29 is 14.2 Å². The van der Waals surface area contributed by atoms with E-state index in [1.165, 1.54) is 0 Å². The zero-order valence-corrected chi connectivity index (χ0v) is 10.3. The average Bonchev–Trinajstić information content (AvgIpc) is 2.35. The van der Waals surface area contributed by atoms with Gasteiger partial charge in [0.15, 0.2) is 0 Å². The van der Waals surface area contributed by atoms with Crippen LogP contribution in [0.1, 0.15) is 6.92 Å². The van der Waals surface area contributed by atoms with E-state index in [2.05, 4.69) is 15.3 Å². The number of nitrogens with zero attached hydrogens (tertiary/aromatic N) is 2. The molecule has 6 heteroatoms. The molecule has 1 N–H and O–H groups in total. The Morgan fingerprint density at radius 1 is 1.24 bits per heavy atom. The SMILES string of the molecule is CCNc1nccc(OCCOCCOC)n1. The summed E-state index contributed by atoms with van der Waals surface area (Å²) in [4.78, 5) is 8.22. The number of hydrogen-bond donors (Lipinski definition) is 1. The van der Waals surface area contributed by atoms with Crippen molar-refractivity contribution in [2.24, 2.45) is 0 Å². The third kappa shape index (κ3) is 6.03. The van der Waals surface area contributed by atoms with Crippen LogP contribution in [0.3, 0.4) is 0 Å². The molecule has 0 aromatic carbocycles. The van der Waals surface area contributed by atoms with Crippen LogP contribution >= 0.6 is 0 Å². The lowest BCUT2D eigenvalue weighted by Crippen LogP contribution is -2.11. The van der Waals surface area contributed by atoms with Crippen LogP contribution in [0.25, 0.3) is 0 Å². The van der Waals surface area contributed by atoms with Gasteiger partial charge >= 0.3 is 0 Å². The summed E-state index contributed by atoms with van der Waals surface area (Å²) in [5.74, 6) is 1.12. The molecular formula is C11H19N3O3. The first-order valence-corrected chi connectivity index (χ1v) is 5.63.